The summed E-state index contributed by atoms with van der Waals surface area (Å²) < 4.78 is 2.21. The van der Waals surface area contributed by atoms with Crippen LogP contribution in [0.25, 0.3) is 6.08 Å². The summed E-state index contributed by atoms with van der Waals surface area (Å²) in [6, 6.07) is 4.18. The summed E-state index contributed by atoms with van der Waals surface area (Å²) in [7, 11) is 0. The molecule has 1 aliphatic heterocycles. The van der Waals surface area contributed by atoms with Crippen LogP contribution in [0.4, 0.5) is 0 Å². The highest BCUT2D eigenvalue weighted by molar-refractivity contribution is 5.50. The minimum Gasteiger partial charge on any atom is -0.344 e. The van der Waals surface area contributed by atoms with Crippen molar-refractivity contribution in [3.8, 4) is 179 Å². The summed E-state index contributed by atoms with van der Waals surface area (Å²) in [6.45, 7) is 1.06. The van der Waals surface area contributed by atoms with Gasteiger partial charge in [-0.25, -0.2) is 0 Å². The van der Waals surface area contributed by atoms with E-state index in [9.17, 15) is 0 Å². The lowest BCUT2D eigenvalue weighted by Crippen LogP contribution is -1.86. The Morgan fingerprint density at radius 3 is 1.00 bits per heavy atom. The zero-order valence-corrected chi connectivity index (χ0v) is 19.7. The van der Waals surface area contributed by atoms with Crippen molar-refractivity contribution in [2.45, 2.75) is 6.54 Å². The van der Waals surface area contributed by atoms with Crippen LogP contribution < -0.4 is 0 Å². The first kappa shape index (κ1) is 28.5. The Kier molecular flexibility index (Phi) is 16.9. The van der Waals surface area contributed by atoms with Gasteiger partial charge in [-0.1, -0.05) is 6.08 Å². The molecule has 38 heavy (non-hydrogen) atoms. The molecule has 0 N–H and O–H groups in total. The minimum atomic E-state index is 1.06. The van der Waals surface area contributed by atoms with Crippen LogP contribution in [-0.4, -0.2) is 4.57 Å². The molecule has 0 fully saturated rings. The molecule has 0 radical (unpaired) electrons. The van der Waals surface area contributed by atoms with Gasteiger partial charge in [0, 0.05) is 89.5 Å². The largest absolute Gasteiger partial charge is 0.344 e. The van der Waals surface area contributed by atoms with E-state index in [2.05, 4.69) is 201 Å². The number of aromatic nitrogens is 1. The summed E-state index contributed by atoms with van der Waals surface area (Å²) in [5.74, 6) is 68.2. The summed E-state index contributed by atoms with van der Waals surface area (Å²) in [5, 5.41) is 0. The Morgan fingerprint density at radius 2 is 0.737 bits per heavy atom. The summed E-state index contributed by atoms with van der Waals surface area (Å²) in [5.41, 5.74) is 1.32. The third-order valence-corrected chi connectivity index (χ3v) is 3.16. The third kappa shape index (κ3) is 17.0. The van der Waals surface area contributed by atoms with Gasteiger partial charge in [-0.15, -0.1) is 12.8 Å². The molecule has 162 valence electrons. The average Bonchev–Trinajstić information content (AvgIpc) is 3.57. The first-order valence-electron chi connectivity index (χ1n) is 10.1. The fraction of sp³-hybridized carbons (Fsp3) is 0.0270. The van der Waals surface area contributed by atoms with Gasteiger partial charge in [0.05, 0.1) is 0 Å². The van der Waals surface area contributed by atoms with Gasteiger partial charge >= 0.3 is 0 Å². The minimum absolute atomic E-state index is 1.06. The Morgan fingerprint density at radius 1 is 0.447 bits per heavy atom. The van der Waals surface area contributed by atoms with Crippen molar-refractivity contribution < 1.29 is 0 Å². The quantitative estimate of drug-likeness (QED) is 0.513. The van der Waals surface area contributed by atoms with Crippen molar-refractivity contribution in [1.29, 1.82) is 0 Å². The number of rotatable bonds is 0. The highest BCUT2D eigenvalue weighted by Gasteiger charge is 1.98. The summed E-state index contributed by atoms with van der Waals surface area (Å²) in [4.78, 5) is 0. The molecule has 1 heteroatoms. The van der Waals surface area contributed by atoms with E-state index in [4.69, 9.17) is 12.8 Å². The topological polar surface area (TPSA) is 4.93 Å². The predicted octanol–water partition coefficient (Wildman–Crippen LogP) is 1.81. The fourth-order valence-corrected chi connectivity index (χ4v) is 1.85. The predicted molar refractivity (Wildman–Crippen MR) is 152 cm³/mol. The lowest BCUT2D eigenvalue weighted by atomic mass is 10.4. The van der Waals surface area contributed by atoms with Gasteiger partial charge in [-0.05, 0) is 113 Å². The molecule has 1 nitrogen and oxygen atoms in total. The Bertz CT molecular complexity index is 1900. The molecular weight excluding hydrogens is 458 g/mol. The van der Waals surface area contributed by atoms with E-state index in [-0.39, 0.29) is 0 Å². The van der Waals surface area contributed by atoms with Crippen molar-refractivity contribution >= 4 is 6.08 Å². The van der Waals surface area contributed by atoms with Crippen molar-refractivity contribution in [2.24, 2.45) is 0 Å². The van der Waals surface area contributed by atoms with Gasteiger partial charge in [0.1, 0.15) is 0 Å². The van der Waals surface area contributed by atoms with Gasteiger partial charge < -0.3 is 4.57 Å². The smallest absolute Gasteiger partial charge is 0.0409 e. The third-order valence-electron chi connectivity index (χ3n) is 3.16. The van der Waals surface area contributed by atoms with Gasteiger partial charge in [0.15, 0.2) is 0 Å². The van der Waals surface area contributed by atoms with Crippen LogP contribution in [0.15, 0.2) is 24.4 Å². The molecule has 0 aromatic carbocycles. The molecule has 0 atom stereocenters. The van der Waals surface area contributed by atoms with Gasteiger partial charge in [-0.2, -0.15) is 0 Å². The van der Waals surface area contributed by atoms with Crippen molar-refractivity contribution in [2.75, 3.05) is 0 Å². The van der Waals surface area contributed by atoms with Crippen molar-refractivity contribution in [3.05, 3.63) is 30.1 Å². The second-order valence-electron chi connectivity index (χ2n) is 5.53. The molecule has 0 unspecified atom stereocenters. The van der Waals surface area contributed by atoms with E-state index >= 15 is 0 Å². The number of nitrogens with zero attached hydrogens (tertiary/aromatic N) is 1. The van der Waals surface area contributed by atoms with Crippen LogP contribution in [0.1, 0.15) is 5.69 Å². The second kappa shape index (κ2) is 22.6. The highest BCUT2D eigenvalue weighted by Crippen LogP contribution is 2.10. The highest BCUT2D eigenvalue weighted by atomic mass is 15.0. The van der Waals surface area contributed by atoms with E-state index in [1.165, 1.54) is 5.69 Å². The second-order valence-corrected chi connectivity index (χ2v) is 5.53. The average molecular weight is 467 g/mol. The monoisotopic (exact) mass is 467 g/mol. The van der Waals surface area contributed by atoms with Crippen molar-refractivity contribution in [3.63, 3.8) is 0 Å². The fourth-order valence-electron chi connectivity index (χ4n) is 1.85. The van der Waals surface area contributed by atoms with Crippen LogP contribution in [0.3, 0.4) is 0 Å². The van der Waals surface area contributed by atoms with Crippen LogP contribution in [-0.2, 0) is 6.54 Å². The van der Waals surface area contributed by atoms with E-state index in [1.54, 1.807) is 0 Å². The normalized spacial score (nSPS) is 6.05. The summed E-state index contributed by atoms with van der Waals surface area (Å²) >= 11 is 0. The van der Waals surface area contributed by atoms with E-state index in [0.29, 0.717) is 0 Å². The first-order valence-corrected chi connectivity index (χ1v) is 10.1. The molecule has 2 rings (SSSR count). The van der Waals surface area contributed by atoms with Gasteiger partial charge in [0.25, 0.3) is 0 Å². The van der Waals surface area contributed by atoms with Crippen LogP contribution in [0, 0.1) is 179 Å². The van der Waals surface area contributed by atoms with E-state index in [1.807, 2.05) is 0 Å². The molecule has 0 bridgehead atoms. The maximum atomic E-state index is 4.92. The van der Waals surface area contributed by atoms with Crippen molar-refractivity contribution in [1.82, 2.24) is 4.57 Å². The Labute approximate surface area is 225 Å². The lowest BCUT2D eigenvalue weighted by Gasteiger charge is -1.90. The van der Waals surface area contributed by atoms with Crippen LogP contribution in [0.5, 0.6) is 0 Å². The standard InChI is InChI=1S/C30H2.C7H7N/c1-3-5-7-9-11-13-15-17-19-21-23-25-27-29-30-28-26-24-22-20-18-16-14-12-10-8-6-4-2;1-3-7-4-2-6-8(7)5-1/h1-2H;1-5H,6H2. The summed E-state index contributed by atoms with van der Waals surface area (Å²) in [6.07, 6.45) is 16.2. The van der Waals surface area contributed by atoms with Crippen LogP contribution in [0.2, 0.25) is 0 Å². The van der Waals surface area contributed by atoms with E-state index in [0.717, 1.165) is 6.54 Å². The lowest BCUT2D eigenvalue weighted by molar-refractivity contribution is 0.847. The Balaban J connectivity index is 0.000000746. The molecule has 0 amide bonds. The van der Waals surface area contributed by atoms with Crippen LogP contribution >= 0.6 is 0 Å². The molecule has 1 aromatic rings. The molecule has 1 aromatic heterocycles. The maximum absolute atomic E-state index is 4.92. The maximum Gasteiger partial charge on any atom is 0.0409 e. The van der Waals surface area contributed by atoms with E-state index < -0.39 is 0 Å². The van der Waals surface area contributed by atoms with Gasteiger partial charge in [0.2, 0.25) is 0 Å². The SMILES string of the molecule is C#CC#CC#CC#CC#CC#CC#CC#CC#CC#CC#CC#CC#CC#CC#C.C1=Cc2cccn2C1. The number of terminal acetylenes is 2. The zero-order valence-electron chi connectivity index (χ0n) is 19.7. The molecule has 1 aliphatic rings. The first-order chi connectivity index (χ1) is 18.9. The Hall–Kier alpha value is -7.58. The number of hydrogen-bond donors (Lipinski definition) is 0. The molecule has 2 heterocycles. The molecule has 0 spiro atoms. The number of allylic oxidation sites excluding steroid dienone is 1. The van der Waals surface area contributed by atoms with Gasteiger partial charge in [-0.3, -0.25) is 0 Å². The molecule has 0 aliphatic carbocycles. The number of fused-ring (bicyclic) bond motifs is 1. The molecule has 0 saturated carbocycles. The number of hydrogen-bond acceptors (Lipinski definition) is 0. The molecule has 0 saturated heterocycles. The zero-order chi connectivity index (χ0) is 27.2. The molecular formula is C37H9N.